The van der Waals surface area contributed by atoms with E-state index in [0.717, 1.165) is 7.11 Å². The normalized spacial score (nSPS) is 30.1. The van der Waals surface area contributed by atoms with Gasteiger partial charge in [0.05, 0.1) is 0 Å². The highest BCUT2D eigenvalue weighted by molar-refractivity contribution is 6.23. The fraction of sp³-hybridized carbons (Fsp3) is 0.409. The van der Waals surface area contributed by atoms with Crippen LogP contribution < -0.4 is 5.32 Å². The molecule has 1 aromatic rings. The molecule has 1 spiro atoms. The van der Waals surface area contributed by atoms with Crippen molar-refractivity contribution in [3.05, 3.63) is 59.4 Å². The number of methoxy groups -OCH3 is 1. The number of amides is 1. The van der Waals surface area contributed by atoms with Gasteiger partial charge in [0.1, 0.15) is 18.0 Å². The molecule has 0 aromatic heterocycles. The second-order valence-electron chi connectivity index (χ2n) is 7.42. The highest BCUT2D eigenvalue weighted by Crippen LogP contribution is 2.44. The van der Waals surface area contributed by atoms with E-state index < -0.39 is 47.1 Å². The molecule has 0 unspecified atom stereocenters. The molecule has 2 aliphatic rings. The van der Waals surface area contributed by atoms with Crippen molar-refractivity contribution in [2.24, 2.45) is 0 Å². The maximum atomic E-state index is 13.1. The summed E-state index contributed by atoms with van der Waals surface area (Å²) >= 11 is 0. The van der Waals surface area contributed by atoms with Crippen LogP contribution in [0.3, 0.4) is 0 Å². The summed E-state index contributed by atoms with van der Waals surface area (Å²) < 4.78 is 10.8. The second kappa shape index (κ2) is 8.35. The number of aliphatic hydroxyl groups is 3. The number of rotatable bonds is 7. The van der Waals surface area contributed by atoms with E-state index in [2.05, 4.69) is 5.32 Å². The van der Waals surface area contributed by atoms with Crippen LogP contribution in [0.25, 0.3) is 0 Å². The van der Waals surface area contributed by atoms with Gasteiger partial charge in [-0.2, -0.15) is 0 Å². The number of ketones is 2. The van der Waals surface area contributed by atoms with Crippen molar-refractivity contribution >= 4 is 17.5 Å². The van der Waals surface area contributed by atoms with E-state index in [1.807, 2.05) is 6.92 Å². The Hall–Kier alpha value is -2.85. The van der Waals surface area contributed by atoms with Crippen LogP contribution in [0.15, 0.2) is 53.8 Å². The van der Waals surface area contributed by atoms with Crippen LogP contribution in [-0.2, 0) is 19.1 Å². The maximum absolute atomic E-state index is 13.1. The predicted molar refractivity (Wildman–Crippen MR) is 108 cm³/mol. The molecule has 166 valence electrons. The van der Waals surface area contributed by atoms with Gasteiger partial charge in [-0.1, -0.05) is 49.4 Å². The Balaban J connectivity index is 1.99. The van der Waals surface area contributed by atoms with E-state index in [1.54, 1.807) is 24.3 Å². The monoisotopic (exact) mass is 431 g/mol. The molecule has 1 aromatic carbocycles. The highest BCUT2D eigenvalue weighted by atomic mass is 16.6. The van der Waals surface area contributed by atoms with Gasteiger partial charge in [-0.15, -0.1) is 0 Å². The largest absolute Gasteiger partial charge is 0.467 e. The average Bonchev–Trinajstić information content (AvgIpc) is 3.18. The second-order valence-corrected chi connectivity index (χ2v) is 7.42. The zero-order chi connectivity index (χ0) is 23.0. The van der Waals surface area contributed by atoms with Crippen LogP contribution in [0, 0.1) is 0 Å². The summed E-state index contributed by atoms with van der Waals surface area (Å²) in [7, 11) is 1.11. The standard InChI is InChI=1S/C22H25NO8/c1-4-5-11-14(24)15(25)16-12(2)17(26)21(31-16)19(28)22(30-3,23-20(21)29)18(27)13-9-7-6-8-10-13/h5-11,14-15,19,24-25,28H,4H2,1-3H3,(H,23,29)/b11-5-/t14-,15+,19-,21+,22+/m0/s1. The third-order valence-electron chi connectivity index (χ3n) is 5.58. The van der Waals surface area contributed by atoms with Crippen molar-refractivity contribution < 1.29 is 39.2 Å². The van der Waals surface area contributed by atoms with Crippen molar-refractivity contribution in [1.82, 2.24) is 5.32 Å². The van der Waals surface area contributed by atoms with Gasteiger partial charge in [-0.3, -0.25) is 14.4 Å². The number of aliphatic hydroxyl groups excluding tert-OH is 3. The lowest BCUT2D eigenvalue weighted by Crippen LogP contribution is -2.60. The quantitative estimate of drug-likeness (QED) is 0.269. The van der Waals surface area contributed by atoms with Crippen LogP contribution in [0.1, 0.15) is 30.6 Å². The first-order chi connectivity index (χ1) is 14.7. The molecule has 1 fully saturated rings. The van der Waals surface area contributed by atoms with Crippen molar-refractivity contribution in [3.8, 4) is 0 Å². The summed E-state index contributed by atoms with van der Waals surface area (Å²) in [6, 6.07) is 7.82. The number of hydrogen-bond donors (Lipinski definition) is 4. The van der Waals surface area contributed by atoms with Gasteiger partial charge >= 0.3 is 0 Å². The molecule has 4 N–H and O–H groups in total. The molecule has 9 nitrogen and oxygen atoms in total. The molecule has 9 heteroatoms. The van der Waals surface area contributed by atoms with E-state index in [9.17, 15) is 29.7 Å². The molecule has 0 bridgehead atoms. The topological polar surface area (TPSA) is 142 Å². The Labute approximate surface area is 179 Å². The van der Waals surface area contributed by atoms with Gasteiger partial charge in [0.25, 0.3) is 11.5 Å². The van der Waals surface area contributed by atoms with Gasteiger partial charge in [0.15, 0.2) is 6.10 Å². The highest BCUT2D eigenvalue weighted by Gasteiger charge is 2.74. The minimum absolute atomic E-state index is 0.135. The summed E-state index contributed by atoms with van der Waals surface area (Å²) in [4.78, 5) is 39.2. The Bertz CT molecular complexity index is 956. The van der Waals surface area contributed by atoms with E-state index in [4.69, 9.17) is 9.47 Å². The molecule has 0 aliphatic carbocycles. The number of nitrogens with one attached hydrogen (secondary N) is 1. The molecule has 31 heavy (non-hydrogen) atoms. The van der Waals surface area contributed by atoms with E-state index >= 15 is 0 Å². The molecular weight excluding hydrogens is 406 g/mol. The number of carbonyl (C=O) groups excluding carboxylic acids is 3. The molecule has 0 radical (unpaired) electrons. The average molecular weight is 431 g/mol. The third kappa shape index (κ3) is 3.30. The predicted octanol–water partition coefficient (Wildman–Crippen LogP) is 0.00280. The number of carbonyl (C=O) groups is 3. The lowest BCUT2D eigenvalue weighted by Gasteiger charge is -2.32. The van der Waals surface area contributed by atoms with Crippen LogP contribution >= 0.6 is 0 Å². The molecule has 0 saturated carbocycles. The number of allylic oxidation sites excluding steroid dienone is 1. The lowest BCUT2D eigenvalue weighted by molar-refractivity contribution is -0.163. The Morgan fingerprint density at radius 2 is 1.94 bits per heavy atom. The van der Waals surface area contributed by atoms with Crippen molar-refractivity contribution in [1.29, 1.82) is 0 Å². The number of benzene rings is 1. The number of ether oxygens (including phenoxy) is 2. The Morgan fingerprint density at radius 1 is 1.29 bits per heavy atom. The molecule has 2 aliphatic heterocycles. The zero-order valence-corrected chi connectivity index (χ0v) is 17.4. The van der Waals surface area contributed by atoms with Crippen LogP contribution in [-0.4, -0.2) is 69.5 Å². The fourth-order valence-electron chi connectivity index (χ4n) is 3.81. The van der Waals surface area contributed by atoms with Gasteiger partial charge in [-0.25, -0.2) is 0 Å². The van der Waals surface area contributed by atoms with Crippen molar-refractivity contribution in [3.63, 3.8) is 0 Å². The summed E-state index contributed by atoms with van der Waals surface area (Å²) in [5, 5.41) is 34.0. The van der Waals surface area contributed by atoms with Gasteiger partial charge in [0.2, 0.25) is 17.3 Å². The zero-order valence-electron chi connectivity index (χ0n) is 17.4. The molecule has 1 saturated heterocycles. The molecule has 3 rings (SSSR count). The first kappa shape index (κ1) is 22.8. The van der Waals surface area contributed by atoms with Crippen LogP contribution in [0.5, 0.6) is 0 Å². The Morgan fingerprint density at radius 3 is 2.52 bits per heavy atom. The smallest absolute Gasteiger partial charge is 0.278 e. The molecular formula is C22H25NO8. The number of hydrogen-bond acceptors (Lipinski definition) is 8. The van der Waals surface area contributed by atoms with Gasteiger partial charge in [0, 0.05) is 18.2 Å². The van der Waals surface area contributed by atoms with Crippen LogP contribution in [0.2, 0.25) is 0 Å². The number of Topliss-reactive ketones (excluding diaryl/α,β-unsaturated/α-hetero) is 2. The van der Waals surface area contributed by atoms with Gasteiger partial charge < -0.3 is 30.1 Å². The molecule has 2 heterocycles. The molecule has 1 amide bonds. The third-order valence-corrected chi connectivity index (χ3v) is 5.58. The first-order valence-corrected chi connectivity index (χ1v) is 9.80. The van der Waals surface area contributed by atoms with E-state index in [0.29, 0.717) is 6.42 Å². The Kier molecular flexibility index (Phi) is 6.15. The van der Waals surface area contributed by atoms with Crippen LogP contribution in [0.4, 0.5) is 0 Å². The maximum Gasteiger partial charge on any atom is 0.278 e. The van der Waals surface area contributed by atoms with E-state index in [-0.39, 0.29) is 16.9 Å². The summed E-state index contributed by atoms with van der Waals surface area (Å²) in [6.07, 6.45) is -1.60. The van der Waals surface area contributed by atoms with Crippen molar-refractivity contribution in [2.75, 3.05) is 7.11 Å². The van der Waals surface area contributed by atoms with Gasteiger partial charge in [-0.05, 0) is 13.3 Å². The summed E-state index contributed by atoms with van der Waals surface area (Å²) in [5.74, 6) is -3.15. The fourth-order valence-corrected chi connectivity index (χ4v) is 3.81. The SMILES string of the molecule is CC/C=C\[C@H](O)[C@@H](O)C1=C(C)C(=O)[C@]2(O1)C(=O)N[C@@](OC)(C(=O)c1ccccc1)[C@H]2O. The minimum Gasteiger partial charge on any atom is -0.467 e. The lowest BCUT2D eigenvalue weighted by atomic mass is 9.85. The summed E-state index contributed by atoms with van der Waals surface area (Å²) in [6.45, 7) is 3.13. The molecule has 5 atom stereocenters. The van der Waals surface area contributed by atoms with Crippen molar-refractivity contribution in [2.45, 2.75) is 49.9 Å². The van der Waals surface area contributed by atoms with E-state index in [1.165, 1.54) is 25.1 Å². The summed E-state index contributed by atoms with van der Waals surface area (Å²) in [5.41, 5.74) is -4.83. The minimum atomic E-state index is -2.53. The first-order valence-electron chi connectivity index (χ1n) is 9.80.